The molecule has 0 spiro atoms. The van der Waals surface area contributed by atoms with Gasteiger partial charge in [0, 0.05) is 21.9 Å². The fraction of sp³-hybridized carbons (Fsp3) is 0.143. The van der Waals surface area contributed by atoms with E-state index in [-0.39, 0.29) is 27.5 Å². The Bertz CT molecular complexity index is 1840. The van der Waals surface area contributed by atoms with Crippen LogP contribution in [-0.2, 0) is 0 Å². The largest absolute Gasteiger partial charge is 0.573 e. The zero-order valence-electron chi connectivity index (χ0n) is 21.4. The number of hydrogen-bond acceptors (Lipinski definition) is 4. The molecule has 4 aromatic carbocycles. The van der Waals surface area contributed by atoms with Gasteiger partial charge in [-0.05, 0) is 49.2 Å². The maximum absolute atomic E-state index is 14.0. The topological polar surface area (TPSA) is 51.8 Å². The average molecular weight is 624 g/mol. The van der Waals surface area contributed by atoms with Gasteiger partial charge in [0.15, 0.2) is 45.9 Å². The molecular weight excluding hydrogens is 609 g/mol. The van der Waals surface area contributed by atoms with Gasteiger partial charge in [-0.15, -0.1) is 26.3 Å². The lowest BCUT2D eigenvalue weighted by Crippen LogP contribution is -2.18. The third kappa shape index (κ3) is 6.39. The lowest BCUT2D eigenvalue weighted by molar-refractivity contribution is -0.276. The SMILES string of the molecule is Cc1ccc(-c2ccc(OC(F)(F)F)c(F)c2O)c(F)c1F.Cc1ccc2c(oc3c(F)c(OC(F)(F)F)ccc32)c1F. The van der Waals surface area contributed by atoms with Gasteiger partial charge in [-0.1, -0.05) is 24.3 Å². The van der Waals surface area contributed by atoms with Gasteiger partial charge in [-0.3, -0.25) is 0 Å². The number of phenols is 1. The number of halogens is 11. The fourth-order valence-electron chi connectivity index (χ4n) is 3.94. The van der Waals surface area contributed by atoms with Crippen molar-refractivity contribution in [3.05, 3.63) is 88.7 Å². The van der Waals surface area contributed by atoms with Crippen molar-refractivity contribution in [3.63, 3.8) is 0 Å². The van der Waals surface area contributed by atoms with Crippen molar-refractivity contribution in [3.8, 4) is 28.4 Å². The highest BCUT2D eigenvalue weighted by Crippen LogP contribution is 2.40. The molecule has 1 aromatic heterocycles. The smallest absolute Gasteiger partial charge is 0.504 e. The van der Waals surface area contributed by atoms with E-state index in [1.807, 2.05) is 0 Å². The molecule has 1 N–H and O–H groups in total. The Morgan fingerprint density at radius 3 is 1.56 bits per heavy atom. The quantitative estimate of drug-likeness (QED) is 0.203. The minimum atomic E-state index is -5.16. The molecule has 15 heteroatoms. The number of benzene rings is 4. The second kappa shape index (κ2) is 11.2. The van der Waals surface area contributed by atoms with Crippen LogP contribution >= 0.6 is 0 Å². The monoisotopic (exact) mass is 624 g/mol. The summed E-state index contributed by atoms with van der Waals surface area (Å²) in [6.07, 6.45) is -10.2. The first-order valence-corrected chi connectivity index (χ1v) is 11.7. The number of rotatable bonds is 3. The van der Waals surface area contributed by atoms with Crippen LogP contribution in [0.15, 0.2) is 52.9 Å². The molecule has 0 atom stereocenters. The molecule has 0 aliphatic carbocycles. The summed E-state index contributed by atoms with van der Waals surface area (Å²) in [7, 11) is 0. The Balaban J connectivity index is 0.000000197. The van der Waals surface area contributed by atoms with Crippen LogP contribution in [0.4, 0.5) is 48.3 Å². The molecule has 0 aliphatic rings. The van der Waals surface area contributed by atoms with E-state index in [0.717, 1.165) is 18.2 Å². The van der Waals surface area contributed by atoms with E-state index >= 15 is 0 Å². The van der Waals surface area contributed by atoms with Crippen molar-refractivity contribution in [1.29, 1.82) is 0 Å². The molecule has 1 heterocycles. The number of furan rings is 1. The van der Waals surface area contributed by atoms with Crippen LogP contribution in [0.5, 0.6) is 17.2 Å². The molecule has 5 rings (SSSR count). The van der Waals surface area contributed by atoms with Gasteiger partial charge in [0.05, 0.1) is 0 Å². The molecule has 0 amide bonds. The summed E-state index contributed by atoms with van der Waals surface area (Å²) < 4.78 is 154. The van der Waals surface area contributed by atoms with E-state index < -0.39 is 75.8 Å². The molecule has 0 radical (unpaired) electrons. The molecule has 228 valence electrons. The Morgan fingerprint density at radius 2 is 0.977 bits per heavy atom. The van der Waals surface area contributed by atoms with Gasteiger partial charge in [-0.25, -0.2) is 13.2 Å². The van der Waals surface area contributed by atoms with E-state index in [4.69, 9.17) is 4.42 Å². The zero-order valence-corrected chi connectivity index (χ0v) is 21.4. The molecular formula is C28H15F11O4. The summed E-state index contributed by atoms with van der Waals surface area (Å²) >= 11 is 0. The van der Waals surface area contributed by atoms with Gasteiger partial charge in [0.1, 0.15) is 0 Å². The zero-order chi connectivity index (χ0) is 32.0. The lowest BCUT2D eigenvalue weighted by atomic mass is 10.0. The number of fused-ring (bicyclic) bond motifs is 3. The van der Waals surface area contributed by atoms with E-state index in [9.17, 15) is 53.4 Å². The van der Waals surface area contributed by atoms with Gasteiger partial charge in [-0.2, -0.15) is 8.78 Å². The molecule has 5 aromatic rings. The summed E-state index contributed by atoms with van der Waals surface area (Å²) in [6.45, 7) is 2.79. The molecule has 0 fully saturated rings. The summed E-state index contributed by atoms with van der Waals surface area (Å²) in [4.78, 5) is 0. The normalized spacial score (nSPS) is 11.9. The Labute approximate surface area is 233 Å². The Kier molecular flexibility index (Phi) is 8.13. The minimum Gasteiger partial charge on any atom is -0.504 e. The van der Waals surface area contributed by atoms with Crippen molar-refractivity contribution in [1.82, 2.24) is 0 Å². The predicted molar refractivity (Wildman–Crippen MR) is 130 cm³/mol. The lowest BCUT2D eigenvalue weighted by Gasteiger charge is -2.13. The molecule has 0 saturated carbocycles. The standard InChI is InChI=1S/C14H8F6O2.C14H7F5O2/c1-6-2-3-7(11(16)10(6)15)8-4-5-9(12(17)13(8)21)22-14(18,19)20;1-6-2-3-7-8-4-5-9(21-14(17,18)19)11(16)13(8)20-12(7)10(6)15/h2-5,21H,1H3;2-5H,1H3. The fourth-order valence-corrected chi connectivity index (χ4v) is 3.94. The number of ether oxygens (including phenoxy) is 2. The van der Waals surface area contributed by atoms with Crippen LogP contribution in [0.3, 0.4) is 0 Å². The Hall–Kier alpha value is -4.69. The van der Waals surface area contributed by atoms with Crippen molar-refractivity contribution in [2.45, 2.75) is 26.6 Å². The van der Waals surface area contributed by atoms with Crippen LogP contribution in [0.2, 0.25) is 0 Å². The highest BCUT2D eigenvalue weighted by atomic mass is 19.4. The van der Waals surface area contributed by atoms with E-state index in [0.29, 0.717) is 6.07 Å². The van der Waals surface area contributed by atoms with Crippen molar-refractivity contribution < 1.29 is 67.3 Å². The van der Waals surface area contributed by atoms with Crippen molar-refractivity contribution >= 4 is 21.9 Å². The van der Waals surface area contributed by atoms with Gasteiger partial charge < -0.3 is 19.0 Å². The third-order valence-electron chi connectivity index (χ3n) is 5.94. The number of alkyl halides is 6. The van der Waals surface area contributed by atoms with Crippen molar-refractivity contribution in [2.24, 2.45) is 0 Å². The van der Waals surface area contributed by atoms with Crippen LogP contribution in [-0.4, -0.2) is 17.8 Å². The maximum Gasteiger partial charge on any atom is 0.573 e. The maximum atomic E-state index is 14.0. The molecule has 0 unspecified atom stereocenters. The van der Waals surface area contributed by atoms with Crippen LogP contribution in [0, 0.1) is 42.9 Å². The molecule has 4 nitrogen and oxygen atoms in total. The second-order valence-electron chi connectivity index (χ2n) is 8.86. The molecule has 0 aliphatic heterocycles. The highest BCUT2D eigenvalue weighted by Gasteiger charge is 2.34. The predicted octanol–water partition coefficient (Wildman–Crippen LogP) is 9.75. The average Bonchev–Trinajstić information content (AvgIpc) is 3.29. The number of aromatic hydroxyl groups is 1. The summed E-state index contributed by atoms with van der Waals surface area (Å²) in [6, 6.07) is 8.64. The third-order valence-corrected chi connectivity index (χ3v) is 5.94. The van der Waals surface area contributed by atoms with Crippen LogP contribution < -0.4 is 9.47 Å². The van der Waals surface area contributed by atoms with Crippen molar-refractivity contribution in [2.75, 3.05) is 0 Å². The van der Waals surface area contributed by atoms with Crippen LogP contribution in [0.25, 0.3) is 33.1 Å². The molecule has 0 saturated heterocycles. The van der Waals surface area contributed by atoms with Gasteiger partial charge in [0.2, 0.25) is 11.6 Å². The number of phenolic OH excluding ortho intramolecular Hbond substituents is 1. The molecule has 0 bridgehead atoms. The molecule has 43 heavy (non-hydrogen) atoms. The summed E-state index contributed by atoms with van der Waals surface area (Å²) in [5.74, 6) is -9.85. The summed E-state index contributed by atoms with van der Waals surface area (Å²) in [5, 5.41) is 10.1. The Morgan fingerprint density at radius 1 is 0.535 bits per heavy atom. The van der Waals surface area contributed by atoms with E-state index in [1.54, 1.807) is 0 Å². The number of hydrogen-bond donors (Lipinski definition) is 1. The van der Waals surface area contributed by atoms with Gasteiger partial charge >= 0.3 is 12.7 Å². The first kappa shape index (κ1) is 31.3. The second-order valence-corrected chi connectivity index (χ2v) is 8.86. The van der Waals surface area contributed by atoms with E-state index in [2.05, 4.69) is 9.47 Å². The van der Waals surface area contributed by atoms with Crippen LogP contribution in [0.1, 0.15) is 11.1 Å². The minimum absolute atomic E-state index is 0.0155. The first-order chi connectivity index (χ1) is 19.9. The first-order valence-electron chi connectivity index (χ1n) is 11.7. The van der Waals surface area contributed by atoms with Gasteiger partial charge in [0.25, 0.3) is 0 Å². The highest BCUT2D eigenvalue weighted by molar-refractivity contribution is 6.05. The van der Waals surface area contributed by atoms with E-state index in [1.165, 1.54) is 38.1 Å². The number of aryl methyl sites for hydroxylation is 2. The summed E-state index contributed by atoms with van der Waals surface area (Å²) in [5.41, 5.74) is -1.39.